The summed E-state index contributed by atoms with van der Waals surface area (Å²) in [7, 11) is 3.11. The second kappa shape index (κ2) is 19.1. The topological polar surface area (TPSA) is 101 Å². The number of nitrogens with zero attached hydrogens (tertiary/aromatic N) is 3. The fourth-order valence-electron chi connectivity index (χ4n) is 7.41. The number of hydrogen-bond acceptors (Lipinski definition) is 9. The van der Waals surface area contributed by atoms with Gasteiger partial charge in [0, 0.05) is 64.2 Å². The van der Waals surface area contributed by atoms with Gasteiger partial charge in [0.15, 0.2) is 6.10 Å². The number of carbonyl (C=O) groups is 2. The number of carbonyl (C=O) groups excluding carboxylic acids is 2. The van der Waals surface area contributed by atoms with Gasteiger partial charge < -0.3 is 33.9 Å². The normalized spacial score (nSPS) is 22.0. The van der Waals surface area contributed by atoms with E-state index in [0.29, 0.717) is 43.7 Å². The average molecular weight is 726 g/mol. The molecule has 1 amide bonds. The summed E-state index contributed by atoms with van der Waals surface area (Å²) in [5.41, 5.74) is 3.81. The van der Waals surface area contributed by atoms with Crippen molar-refractivity contribution in [2.24, 2.45) is 11.8 Å². The first-order chi connectivity index (χ1) is 24.7. The monoisotopic (exact) mass is 725 g/mol. The molecule has 3 aliphatic rings. The van der Waals surface area contributed by atoms with Crippen LogP contribution < -0.4 is 9.64 Å². The lowest BCUT2D eigenvalue weighted by atomic mass is 9.70. The Kier molecular flexibility index (Phi) is 14.6. The van der Waals surface area contributed by atoms with Crippen LogP contribution in [-0.4, -0.2) is 113 Å². The van der Waals surface area contributed by atoms with Crippen LogP contribution in [0.1, 0.15) is 68.2 Å². The highest BCUT2D eigenvalue weighted by Gasteiger charge is 2.39. The zero-order valence-corrected chi connectivity index (χ0v) is 31.5. The molecule has 1 N–H and O–H groups in total. The number of aliphatic hydroxyl groups excluding tert-OH is 1. The maximum atomic E-state index is 12.3. The van der Waals surface area contributed by atoms with Gasteiger partial charge in [0.1, 0.15) is 5.75 Å². The van der Waals surface area contributed by atoms with Crippen LogP contribution in [0.15, 0.2) is 48.6 Å². The summed E-state index contributed by atoms with van der Waals surface area (Å²) < 4.78 is 23.6. The number of esters is 1. The zero-order valence-electron chi connectivity index (χ0n) is 30.7. The Bertz CT molecular complexity index is 1480. The van der Waals surface area contributed by atoms with Gasteiger partial charge in [-0.25, -0.2) is 4.79 Å². The highest BCUT2D eigenvalue weighted by atomic mass is 35.5. The molecule has 2 aromatic carbocycles. The van der Waals surface area contributed by atoms with E-state index < -0.39 is 12.1 Å². The first-order valence-corrected chi connectivity index (χ1v) is 18.9. The Balaban J connectivity index is 1.39. The quantitative estimate of drug-likeness (QED) is 0.174. The Hall–Kier alpha value is -3.15. The molecular weight excluding hydrogens is 670 g/mol. The molecule has 0 radical (unpaired) electrons. The average Bonchev–Trinajstić information content (AvgIpc) is 3.30. The molecule has 0 spiro atoms. The van der Waals surface area contributed by atoms with E-state index in [2.05, 4.69) is 41.0 Å². The molecule has 5 atom stereocenters. The summed E-state index contributed by atoms with van der Waals surface area (Å²) in [6.45, 7) is 11.3. The fourth-order valence-corrected chi connectivity index (χ4v) is 7.60. The first-order valence-electron chi connectivity index (χ1n) is 18.5. The molecule has 5 unspecified atom stereocenters. The zero-order chi connectivity index (χ0) is 36.3. The van der Waals surface area contributed by atoms with Gasteiger partial charge in [0.2, 0.25) is 5.91 Å². The number of fused-ring (bicyclic) bond motifs is 1. The SMILES string of the molecule is CCCc1cc(Cl)ccc1C1COc2ccc(C(O)C(=O)OC)cc2N(CC2CCC2C(/C=C/CCN(C)C(C)=O)OCCN2CCOCC2)C1. The Labute approximate surface area is 308 Å². The Morgan fingerprint density at radius 2 is 1.96 bits per heavy atom. The number of anilines is 1. The molecule has 1 saturated heterocycles. The van der Waals surface area contributed by atoms with E-state index in [-0.39, 0.29) is 17.9 Å². The molecule has 2 aliphatic heterocycles. The smallest absolute Gasteiger partial charge is 0.339 e. The minimum absolute atomic E-state index is 0.0502. The molecule has 280 valence electrons. The van der Waals surface area contributed by atoms with Crippen LogP contribution in [0.3, 0.4) is 0 Å². The molecule has 2 aromatic rings. The van der Waals surface area contributed by atoms with Gasteiger partial charge in [0.25, 0.3) is 0 Å². The van der Waals surface area contributed by atoms with Crippen LogP contribution in [0, 0.1) is 11.8 Å². The van der Waals surface area contributed by atoms with E-state index in [0.717, 1.165) is 88.0 Å². The lowest BCUT2D eigenvalue weighted by Gasteiger charge is -2.44. The van der Waals surface area contributed by atoms with E-state index in [1.165, 1.54) is 18.2 Å². The molecular formula is C40H56ClN3O7. The number of rotatable bonds is 16. The molecule has 10 nitrogen and oxygen atoms in total. The van der Waals surface area contributed by atoms with Gasteiger partial charge in [-0.05, 0) is 78.5 Å². The van der Waals surface area contributed by atoms with Gasteiger partial charge in [-0.1, -0.05) is 49.2 Å². The fraction of sp³-hybridized carbons (Fsp3) is 0.600. The van der Waals surface area contributed by atoms with Crippen LogP contribution in [0.2, 0.25) is 5.02 Å². The van der Waals surface area contributed by atoms with E-state index in [9.17, 15) is 14.7 Å². The molecule has 1 saturated carbocycles. The van der Waals surface area contributed by atoms with Crippen molar-refractivity contribution in [2.75, 3.05) is 84.8 Å². The molecule has 0 aromatic heterocycles. The van der Waals surface area contributed by atoms with Crippen LogP contribution in [-0.2, 0) is 30.2 Å². The first kappa shape index (κ1) is 39.1. The summed E-state index contributed by atoms with van der Waals surface area (Å²) in [6, 6.07) is 11.7. The van der Waals surface area contributed by atoms with E-state index in [1.54, 1.807) is 17.9 Å². The lowest BCUT2D eigenvalue weighted by Crippen LogP contribution is -2.45. The van der Waals surface area contributed by atoms with E-state index in [1.807, 2.05) is 25.2 Å². The molecule has 2 fully saturated rings. The summed E-state index contributed by atoms with van der Waals surface area (Å²) in [4.78, 5) is 30.6. The third-order valence-corrected chi connectivity index (χ3v) is 10.9. The van der Waals surface area contributed by atoms with Crippen molar-refractivity contribution in [3.63, 3.8) is 0 Å². The molecule has 11 heteroatoms. The van der Waals surface area contributed by atoms with Gasteiger partial charge >= 0.3 is 5.97 Å². The maximum absolute atomic E-state index is 12.3. The van der Waals surface area contributed by atoms with Crippen LogP contribution >= 0.6 is 11.6 Å². The number of hydrogen-bond donors (Lipinski definition) is 1. The highest BCUT2D eigenvalue weighted by Crippen LogP contribution is 2.43. The van der Waals surface area contributed by atoms with Crippen molar-refractivity contribution in [2.45, 2.75) is 64.1 Å². The van der Waals surface area contributed by atoms with E-state index in [4.69, 9.17) is 30.5 Å². The summed E-state index contributed by atoms with van der Waals surface area (Å²) >= 11 is 6.46. The Morgan fingerprint density at radius 1 is 1.16 bits per heavy atom. The van der Waals surface area contributed by atoms with Crippen LogP contribution in [0.5, 0.6) is 5.75 Å². The highest BCUT2D eigenvalue weighted by molar-refractivity contribution is 6.30. The number of aryl methyl sites for hydroxylation is 1. The van der Waals surface area contributed by atoms with Crippen LogP contribution in [0.4, 0.5) is 5.69 Å². The standard InChI is InChI=1S/C40H56ClN3O7/c1-5-8-29-23-33(41)12-14-34(29)32-26-44(36-24-30(39(46)40(47)48-4)11-15-38(36)51-27-32)25-31-10-13-35(31)37(9-6-7-16-42(3)28(2)45)50-22-19-43-17-20-49-21-18-43/h6,9,11-12,14-15,23-24,31-32,35,37,39,46H,5,7-8,10,13,16-22,25-27H2,1-4H3/b9-6+. The van der Waals surface area contributed by atoms with Crippen molar-refractivity contribution in [1.82, 2.24) is 9.80 Å². The van der Waals surface area contributed by atoms with Crippen molar-refractivity contribution in [3.8, 4) is 5.75 Å². The van der Waals surface area contributed by atoms with Crippen molar-refractivity contribution >= 4 is 29.2 Å². The van der Waals surface area contributed by atoms with Crippen molar-refractivity contribution < 1.29 is 33.6 Å². The van der Waals surface area contributed by atoms with Gasteiger partial charge in [-0.15, -0.1) is 0 Å². The second-order valence-corrected chi connectivity index (χ2v) is 14.5. The predicted octanol–water partition coefficient (Wildman–Crippen LogP) is 5.65. The Morgan fingerprint density at radius 3 is 2.67 bits per heavy atom. The summed E-state index contributed by atoms with van der Waals surface area (Å²) in [5, 5.41) is 11.5. The minimum Gasteiger partial charge on any atom is -0.491 e. The van der Waals surface area contributed by atoms with Gasteiger partial charge in [-0.3, -0.25) is 9.69 Å². The molecule has 0 bridgehead atoms. The summed E-state index contributed by atoms with van der Waals surface area (Å²) in [5.74, 6) is 0.845. The predicted molar refractivity (Wildman–Crippen MR) is 200 cm³/mol. The van der Waals surface area contributed by atoms with Crippen molar-refractivity contribution in [1.29, 1.82) is 0 Å². The third kappa shape index (κ3) is 10.5. The number of ether oxygens (including phenoxy) is 4. The second-order valence-electron chi connectivity index (χ2n) is 14.1. The molecule has 51 heavy (non-hydrogen) atoms. The molecule has 2 heterocycles. The number of morpholine rings is 1. The number of halogens is 1. The molecule has 5 rings (SSSR count). The number of aliphatic hydroxyl groups is 1. The molecule has 1 aliphatic carbocycles. The van der Waals surface area contributed by atoms with Gasteiger partial charge in [-0.2, -0.15) is 0 Å². The lowest BCUT2D eigenvalue weighted by molar-refractivity contribution is -0.150. The number of methoxy groups -OCH3 is 1. The minimum atomic E-state index is -1.39. The van der Waals surface area contributed by atoms with Gasteiger partial charge in [0.05, 0.1) is 45.3 Å². The van der Waals surface area contributed by atoms with E-state index >= 15 is 0 Å². The van der Waals surface area contributed by atoms with Crippen molar-refractivity contribution in [3.05, 3.63) is 70.3 Å². The van der Waals surface area contributed by atoms with Crippen LogP contribution in [0.25, 0.3) is 0 Å². The number of amides is 1. The maximum Gasteiger partial charge on any atom is 0.339 e. The number of benzene rings is 2. The third-order valence-electron chi connectivity index (χ3n) is 10.7. The summed E-state index contributed by atoms with van der Waals surface area (Å²) in [6.07, 6.45) is 7.77. The largest absolute Gasteiger partial charge is 0.491 e.